The number of nitrogens with two attached hydrogens (primary N) is 1. The number of benzene rings is 1. The van der Waals surface area contributed by atoms with Gasteiger partial charge < -0.3 is 0 Å². The van der Waals surface area contributed by atoms with Gasteiger partial charge in [0.2, 0.25) is 0 Å². The van der Waals surface area contributed by atoms with Gasteiger partial charge in [-0.25, -0.2) is 10.1 Å². The molecule has 2 rings (SSSR count). The molecule has 0 aliphatic rings. The van der Waals surface area contributed by atoms with Crippen LogP contribution in [0.4, 0.5) is 19.0 Å². The van der Waals surface area contributed by atoms with Gasteiger partial charge >= 0.3 is 6.18 Å². The maximum atomic E-state index is 12.4. The number of hydrogen-bond acceptors (Lipinski definition) is 3. The van der Waals surface area contributed by atoms with Crippen molar-refractivity contribution in [3.8, 4) is 11.1 Å². The molecule has 3 N–H and O–H groups in total. The number of rotatable bonds is 3. The van der Waals surface area contributed by atoms with E-state index in [1.165, 1.54) is 30.5 Å². The van der Waals surface area contributed by atoms with E-state index in [1.807, 2.05) is 4.72 Å². The lowest BCUT2D eigenvalue weighted by atomic mass is 10.1. The Labute approximate surface area is 118 Å². The van der Waals surface area contributed by atoms with Gasteiger partial charge in [0.05, 0.1) is 5.56 Å². The molecule has 0 amide bonds. The molecule has 0 spiro atoms. The van der Waals surface area contributed by atoms with Crippen LogP contribution in [0.3, 0.4) is 0 Å². The summed E-state index contributed by atoms with van der Waals surface area (Å²) in [5, 5.41) is 4.79. The predicted molar refractivity (Wildman–Crippen MR) is 71.4 cm³/mol. The van der Waals surface area contributed by atoms with Gasteiger partial charge in [-0.15, -0.1) is 0 Å². The minimum Gasteiger partial charge on any atom is -0.255 e. The lowest BCUT2D eigenvalue weighted by Crippen LogP contribution is -2.22. The number of halogens is 3. The van der Waals surface area contributed by atoms with Crippen molar-refractivity contribution in [1.82, 2.24) is 4.98 Å². The molecule has 21 heavy (non-hydrogen) atoms. The Morgan fingerprint density at radius 2 is 1.57 bits per heavy atom. The van der Waals surface area contributed by atoms with Gasteiger partial charge in [-0.2, -0.15) is 21.6 Å². The van der Waals surface area contributed by atoms with Crippen molar-refractivity contribution >= 4 is 16.0 Å². The predicted octanol–water partition coefficient (Wildman–Crippen LogP) is 2.38. The Hall–Kier alpha value is -2.13. The first-order chi connectivity index (χ1) is 9.65. The Morgan fingerprint density at radius 1 is 1.00 bits per heavy atom. The number of aromatic nitrogens is 1. The quantitative estimate of drug-likeness (QED) is 0.911. The Bertz CT molecular complexity index is 726. The van der Waals surface area contributed by atoms with Crippen molar-refractivity contribution in [2.45, 2.75) is 6.18 Å². The van der Waals surface area contributed by atoms with Crippen LogP contribution in [0.15, 0.2) is 42.6 Å². The molecule has 0 atom stereocenters. The summed E-state index contributed by atoms with van der Waals surface area (Å²) in [5.74, 6) is 0.0214. The summed E-state index contributed by atoms with van der Waals surface area (Å²) in [4.78, 5) is 3.82. The van der Waals surface area contributed by atoms with Crippen molar-refractivity contribution in [3.63, 3.8) is 0 Å². The van der Waals surface area contributed by atoms with Crippen molar-refractivity contribution in [2.75, 3.05) is 4.72 Å². The lowest BCUT2D eigenvalue weighted by Gasteiger charge is -2.08. The highest BCUT2D eigenvalue weighted by Crippen LogP contribution is 2.30. The number of nitrogens with zero attached hydrogens (tertiary/aromatic N) is 1. The van der Waals surface area contributed by atoms with Gasteiger partial charge in [0.15, 0.2) is 0 Å². The Kier molecular flexibility index (Phi) is 3.88. The Morgan fingerprint density at radius 3 is 2.00 bits per heavy atom. The summed E-state index contributed by atoms with van der Waals surface area (Å²) in [6.07, 6.45) is -3.06. The van der Waals surface area contributed by atoms with E-state index in [9.17, 15) is 21.6 Å². The molecule has 5 nitrogen and oxygen atoms in total. The van der Waals surface area contributed by atoms with E-state index < -0.39 is 21.9 Å². The van der Waals surface area contributed by atoms with Crippen LogP contribution in [0, 0.1) is 0 Å². The molecule has 112 valence electrons. The molecule has 0 unspecified atom stereocenters. The number of nitrogens with one attached hydrogen (secondary N) is 1. The summed E-state index contributed by atoms with van der Waals surface area (Å²) in [7, 11) is -3.91. The molecule has 1 aromatic heterocycles. The molecule has 0 radical (unpaired) electrons. The zero-order valence-corrected chi connectivity index (χ0v) is 11.2. The van der Waals surface area contributed by atoms with Crippen molar-refractivity contribution in [3.05, 3.63) is 48.2 Å². The third-order valence-electron chi connectivity index (χ3n) is 2.56. The van der Waals surface area contributed by atoms with E-state index in [4.69, 9.17) is 5.14 Å². The summed E-state index contributed by atoms with van der Waals surface area (Å²) in [5.41, 5.74) is 0.327. The fourth-order valence-corrected chi connectivity index (χ4v) is 2.03. The molecular formula is C12H10F3N3O2S. The number of alkyl halides is 3. The minimum absolute atomic E-state index is 0.0214. The summed E-state index contributed by atoms with van der Waals surface area (Å²) in [6, 6.07) is 7.43. The average Bonchev–Trinajstić information content (AvgIpc) is 2.37. The monoisotopic (exact) mass is 317 g/mol. The van der Waals surface area contributed by atoms with E-state index in [0.717, 1.165) is 12.1 Å². The minimum atomic E-state index is -4.39. The van der Waals surface area contributed by atoms with Gasteiger partial charge in [-0.1, -0.05) is 12.1 Å². The molecule has 0 fully saturated rings. The zero-order valence-electron chi connectivity index (χ0n) is 10.4. The summed E-state index contributed by atoms with van der Waals surface area (Å²) in [6.45, 7) is 0. The van der Waals surface area contributed by atoms with Crippen LogP contribution < -0.4 is 9.86 Å². The summed E-state index contributed by atoms with van der Waals surface area (Å²) >= 11 is 0. The molecule has 0 aliphatic carbocycles. The number of hydrogen-bond donors (Lipinski definition) is 2. The van der Waals surface area contributed by atoms with Crippen molar-refractivity contribution in [1.29, 1.82) is 0 Å². The van der Waals surface area contributed by atoms with E-state index in [-0.39, 0.29) is 5.82 Å². The standard InChI is InChI=1S/C12H10F3N3O2S/c13-12(14,15)10-4-1-8(2-5-10)9-3-6-11(17-7-9)18-21(16,19)20/h1-7H,(H,17,18)(H2,16,19,20). The normalized spacial score (nSPS) is 12.2. The first kappa shape index (κ1) is 15.3. The van der Waals surface area contributed by atoms with Crippen molar-refractivity contribution in [2.24, 2.45) is 5.14 Å². The molecule has 1 aromatic carbocycles. The van der Waals surface area contributed by atoms with E-state index in [1.54, 1.807) is 0 Å². The zero-order chi connectivity index (χ0) is 15.7. The van der Waals surface area contributed by atoms with Crippen LogP contribution >= 0.6 is 0 Å². The highest BCUT2D eigenvalue weighted by atomic mass is 32.2. The van der Waals surface area contributed by atoms with Gasteiger partial charge in [0, 0.05) is 11.8 Å². The molecule has 2 aromatic rings. The third-order valence-corrected chi connectivity index (χ3v) is 3.05. The molecule has 0 saturated carbocycles. The van der Waals surface area contributed by atoms with Crippen LogP contribution in [-0.2, 0) is 16.4 Å². The SMILES string of the molecule is NS(=O)(=O)Nc1ccc(-c2ccc(C(F)(F)F)cc2)cn1. The van der Waals surface area contributed by atoms with E-state index >= 15 is 0 Å². The fraction of sp³-hybridized carbons (Fsp3) is 0.0833. The van der Waals surface area contributed by atoms with Crippen LogP contribution in [0.1, 0.15) is 5.56 Å². The molecule has 1 heterocycles. The first-order valence-corrected chi connectivity index (χ1v) is 7.14. The van der Waals surface area contributed by atoms with E-state index in [0.29, 0.717) is 11.1 Å². The number of anilines is 1. The maximum Gasteiger partial charge on any atom is 0.416 e. The largest absolute Gasteiger partial charge is 0.416 e. The average molecular weight is 317 g/mol. The Balaban J connectivity index is 2.23. The fourth-order valence-electron chi connectivity index (χ4n) is 1.62. The third kappa shape index (κ3) is 4.17. The molecule has 0 saturated heterocycles. The first-order valence-electron chi connectivity index (χ1n) is 5.59. The van der Waals surface area contributed by atoms with Gasteiger partial charge in [-0.05, 0) is 29.8 Å². The van der Waals surface area contributed by atoms with E-state index in [2.05, 4.69) is 4.98 Å². The van der Waals surface area contributed by atoms with Gasteiger partial charge in [-0.3, -0.25) is 4.72 Å². The van der Waals surface area contributed by atoms with Crippen LogP contribution in [0.25, 0.3) is 11.1 Å². The van der Waals surface area contributed by atoms with Crippen LogP contribution in [0.2, 0.25) is 0 Å². The van der Waals surface area contributed by atoms with Crippen LogP contribution in [-0.4, -0.2) is 13.4 Å². The van der Waals surface area contributed by atoms with Crippen LogP contribution in [0.5, 0.6) is 0 Å². The molecule has 9 heteroatoms. The van der Waals surface area contributed by atoms with Crippen molar-refractivity contribution < 1.29 is 21.6 Å². The highest BCUT2D eigenvalue weighted by Gasteiger charge is 2.29. The second-order valence-electron chi connectivity index (χ2n) is 4.15. The molecular weight excluding hydrogens is 307 g/mol. The number of pyridine rings is 1. The highest BCUT2D eigenvalue weighted by molar-refractivity contribution is 7.90. The second kappa shape index (κ2) is 5.34. The topological polar surface area (TPSA) is 85.1 Å². The lowest BCUT2D eigenvalue weighted by molar-refractivity contribution is -0.137. The summed E-state index contributed by atoms with van der Waals surface area (Å²) < 4.78 is 60.9. The molecule has 0 bridgehead atoms. The maximum absolute atomic E-state index is 12.4. The van der Waals surface area contributed by atoms with Gasteiger partial charge in [0.1, 0.15) is 5.82 Å². The molecule has 0 aliphatic heterocycles. The second-order valence-corrected chi connectivity index (χ2v) is 5.45. The smallest absolute Gasteiger partial charge is 0.255 e. The van der Waals surface area contributed by atoms with Gasteiger partial charge in [0.25, 0.3) is 10.2 Å².